The van der Waals surface area contributed by atoms with Crippen molar-refractivity contribution in [3.8, 4) is 11.5 Å². The van der Waals surface area contributed by atoms with E-state index in [1.807, 2.05) is 0 Å². The fourth-order valence-electron chi connectivity index (χ4n) is 1.70. The summed E-state index contributed by atoms with van der Waals surface area (Å²) in [5, 5.41) is 1.01. The van der Waals surface area contributed by atoms with E-state index in [9.17, 15) is 4.79 Å². The number of carbonyl (C=O) groups excluding carboxylic acids is 1. The molecule has 3 nitrogen and oxygen atoms in total. The Labute approximate surface area is 132 Å². The molecular formula is C16H12Cl2O3. The molecule has 0 radical (unpaired) electrons. The van der Waals surface area contributed by atoms with E-state index in [-0.39, 0.29) is 5.76 Å². The predicted molar refractivity (Wildman–Crippen MR) is 83.6 cm³/mol. The molecule has 0 atom stereocenters. The molecule has 2 rings (SSSR count). The number of halogens is 2. The topological polar surface area (TPSA) is 35.5 Å². The van der Waals surface area contributed by atoms with Crippen molar-refractivity contribution in [1.29, 1.82) is 0 Å². The van der Waals surface area contributed by atoms with Crippen LogP contribution in [0.15, 0.2) is 54.8 Å². The fraction of sp³-hybridized carbons (Fsp3) is 0.0625. The number of hydrogen-bond donors (Lipinski definition) is 0. The van der Waals surface area contributed by atoms with E-state index in [1.165, 1.54) is 13.2 Å². The van der Waals surface area contributed by atoms with E-state index in [0.717, 1.165) is 0 Å². The Morgan fingerprint density at radius 1 is 1.05 bits per heavy atom. The van der Waals surface area contributed by atoms with Crippen molar-refractivity contribution in [3.63, 3.8) is 0 Å². The second-order valence-electron chi connectivity index (χ2n) is 4.15. The molecule has 21 heavy (non-hydrogen) atoms. The van der Waals surface area contributed by atoms with Gasteiger partial charge in [0, 0.05) is 10.0 Å². The number of rotatable bonds is 5. The van der Waals surface area contributed by atoms with Gasteiger partial charge in [-0.3, -0.25) is 4.79 Å². The van der Waals surface area contributed by atoms with Crippen LogP contribution in [0.25, 0.3) is 0 Å². The maximum Gasteiger partial charge on any atom is 0.231 e. The predicted octanol–water partition coefficient (Wildman–Crippen LogP) is 4.78. The molecule has 0 spiro atoms. The zero-order valence-electron chi connectivity index (χ0n) is 11.2. The summed E-state index contributed by atoms with van der Waals surface area (Å²) in [5.41, 5.74) is 0.295. The first-order valence-corrected chi connectivity index (χ1v) is 6.77. The summed E-state index contributed by atoms with van der Waals surface area (Å²) < 4.78 is 10.6. The Balaban J connectivity index is 2.21. The van der Waals surface area contributed by atoms with Crippen molar-refractivity contribution in [1.82, 2.24) is 0 Å². The summed E-state index contributed by atoms with van der Waals surface area (Å²) in [6, 6.07) is 11.4. The molecule has 5 heteroatoms. The lowest BCUT2D eigenvalue weighted by Gasteiger charge is -2.11. The minimum atomic E-state index is -0.399. The number of ketones is 1. The molecule has 0 aliphatic rings. The van der Waals surface area contributed by atoms with Crippen LogP contribution in [-0.2, 0) is 0 Å². The van der Waals surface area contributed by atoms with Gasteiger partial charge in [0.2, 0.25) is 5.78 Å². The van der Waals surface area contributed by atoms with Gasteiger partial charge in [-0.15, -0.1) is 0 Å². The van der Waals surface area contributed by atoms with Gasteiger partial charge in [-0.05, 0) is 42.5 Å². The van der Waals surface area contributed by atoms with Crippen LogP contribution in [0.3, 0.4) is 0 Å². The van der Waals surface area contributed by atoms with E-state index in [4.69, 9.17) is 32.7 Å². The van der Waals surface area contributed by atoms with Crippen molar-refractivity contribution in [3.05, 3.63) is 70.4 Å². The van der Waals surface area contributed by atoms with Crippen molar-refractivity contribution in [2.24, 2.45) is 0 Å². The monoisotopic (exact) mass is 322 g/mol. The molecule has 0 amide bonds. The number of carbonyl (C=O) groups is 1. The van der Waals surface area contributed by atoms with E-state index in [1.54, 1.807) is 36.4 Å². The molecule has 0 aliphatic heterocycles. The quantitative estimate of drug-likeness (QED) is 0.451. The maximum atomic E-state index is 12.4. The largest absolute Gasteiger partial charge is 0.496 e. The number of hydrogen-bond acceptors (Lipinski definition) is 3. The molecule has 0 N–H and O–H groups in total. The first-order valence-electron chi connectivity index (χ1n) is 6.02. The van der Waals surface area contributed by atoms with Gasteiger partial charge < -0.3 is 9.47 Å². The zero-order chi connectivity index (χ0) is 15.4. The lowest BCUT2D eigenvalue weighted by atomic mass is 10.1. The molecule has 0 aliphatic carbocycles. The van der Waals surface area contributed by atoms with E-state index >= 15 is 0 Å². The molecule has 0 heterocycles. The van der Waals surface area contributed by atoms with Crippen molar-refractivity contribution < 1.29 is 14.3 Å². The number of methoxy groups -OCH3 is 1. The number of benzene rings is 2. The highest BCUT2D eigenvalue weighted by molar-refractivity contribution is 6.31. The Morgan fingerprint density at radius 3 is 2.29 bits per heavy atom. The highest BCUT2D eigenvalue weighted by Gasteiger charge is 2.18. The molecule has 2 aromatic carbocycles. The van der Waals surface area contributed by atoms with Crippen molar-refractivity contribution in [2.45, 2.75) is 0 Å². The molecule has 2 aromatic rings. The van der Waals surface area contributed by atoms with Crippen LogP contribution in [0.5, 0.6) is 11.5 Å². The zero-order valence-corrected chi connectivity index (χ0v) is 12.7. The van der Waals surface area contributed by atoms with Gasteiger partial charge in [-0.2, -0.15) is 0 Å². The normalized spacial score (nSPS) is 10.0. The summed E-state index contributed by atoms with van der Waals surface area (Å²) in [7, 11) is 1.48. The van der Waals surface area contributed by atoms with Crippen LogP contribution in [0.4, 0.5) is 0 Å². The molecule has 0 saturated carbocycles. The number of Topliss-reactive ketones (excluding diaryl/α,β-unsaturated/α-hetero) is 1. The van der Waals surface area contributed by atoms with Crippen LogP contribution in [-0.4, -0.2) is 12.9 Å². The van der Waals surface area contributed by atoms with Crippen LogP contribution in [0, 0.1) is 0 Å². The van der Waals surface area contributed by atoms with Gasteiger partial charge in [0.15, 0.2) is 5.76 Å². The van der Waals surface area contributed by atoms with Gasteiger partial charge in [0.1, 0.15) is 11.5 Å². The summed E-state index contributed by atoms with van der Waals surface area (Å²) in [6.07, 6.45) is 0. The second kappa shape index (κ2) is 6.66. The third-order valence-electron chi connectivity index (χ3n) is 2.71. The fourth-order valence-corrected chi connectivity index (χ4v) is 2.00. The molecule has 0 unspecified atom stereocenters. The van der Waals surface area contributed by atoms with Gasteiger partial charge in [-0.1, -0.05) is 29.8 Å². The van der Waals surface area contributed by atoms with Crippen molar-refractivity contribution >= 4 is 29.0 Å². The first kappa shape index (κ1) is 15.4. The minimum Gasteiger partial charge on any atom is -0.496 e. The van der Waals surface area contributed by atoms with Crippen LogP contribution < -0.4 is 9.47 Å². The minimum absolute atomic E-state index is 0.0297. The summed E-state index contributed by atoms with van der Waals surface area (Å²) in [4.78, 5) is 12.4. The highest BCUT2D eigenvalue weighted by atomic mass is 35.5. The summed E-state index contributed by atoms with van der Waals surface area (Å²) >= 11 is 11.7. The third-order valence-corrected chi connectivity index (χ3v) is 3.20. The van der Waals surface area contributed by atoms with E-state index < -0.39 is 5.78 Å². The Morgan fingerprint density at radius 2 is 1.67 bits per heavy atom. The van der Waals surface area contributed by atoms with Gasteiger partial charge >= 0.3 is 0 Å². The van der Waals surface area contributed by atoms with Gasteiger partial charge in [0.25, 0.3) is 0 Å². The standard InChI is InChI=1S/C16H12Cl2O3/c1-10(21-13-6-3-11(17)4-7-13)16(19)14-9-12(18)5-8-15(14)20-2/h3-9H,1H2,2H3. The molecule has 0 saturated heterocycles. The smallest absolute Gasteiger partial charge is 0.231 e. The third kappa shape index (κ3) is 3.78. The average Bonchev–Trinajstić information content (AvgIpc) is 2.48. The summed E-state index contributed by atoms with van der Waals surface area (Å²) in [5.74, 6) is 0.450. The van der Waals surface area contributed by atoms with E-state index in [0.29, 0.717) is 27.1 Å². The van der Waals surface area contributed by atoms with Gasteiger partial charge in [-0.25, -0.2) is 0 Å². The molecular weight excluding hydrogens is 311 g/mol. The highest BCUT2D eigenvalue weighted by Crippen LogP contribution is 2.26. The lowest BCUT2D eigenvalue weighted by Crippen LogP contribution is -2.09. The summed E-state index contributed by atoms with van der Waals surface area (Å²) in [6.45, 7) is 3.65. The molecule has 108 valence electrons. The lowest BCUT2D eigenvalue weighted by molar-refractivity contribution is 0.0984. The van der Waals surface area contributed by atoms with Crippen LogP contribution in [0.2, 0.25) is 10.0 Å². The van der Waals surface area contributed by atoms with Crippen molar-refractivity contribution in [2.75, 3.05) is 7.11 Å². The molecule has 0 aromatic heterocycles. The van der Waals surface area contributed by atoms with Crippen LogP contribution in [0.1, 0.15) is 10.4 Å². The second-order valence-corrected chi connectivity index (χ2v) is 5.03. The van der Waals surface area contributed by atoms with Crippen LogP contribution >= 0.6 is 23.2 Å². The molecule has 0 bridgehead atoms. The Kier molecular flexibility index (Phi) is 4.89. The Hall–Kier alpha value is -1.97. The number of allylic oxidation sites excluding steroid dienone is 1. The number of ether oxygens (including phenoxy) is 2. The van der Waals surface area contributed by atoms with E-state index in [2.05, 4.69) is 6.58 Å². The average molecular weight is 323 g/mol. The maximum absolute atomic E-state index is 12.4. The molecule has 0 fully saturated rings. The Bertz CT molecular complexity index is 678. The first-order chi connectivity index (χ1) is 10.0. The van der Waals surface area contributed by atoms with Gasteiger partial charge in [0.05, 0.1) is 12.7 Å². The SMILES string of the molecule is C=C(Oc1ccc(Cl)cc1)C(=O)c1cc(Cl)ccc1OC.